The van der Waals surface area contributed by atoms with Crippen LogP contribution in [0.2, 0.25) is 0 Å². The van der Waals surface area contributed by atoms with E-state index in [9.17, 15) is 0 Å². The Kier molecular flexibility index (Phi) is 3.83. The normalized spacial score (nSPS) is 15.8. The Hall–Kier alpha value is -2.07. The molecule has 20 heavy (non-hydrogen) atoms. The van der Waals surface area contributed by atoms with Crippen LogP contribution in [0.3, 0.4) is 0 Å². The average Bonchev–Trinajstić information content (AvgIpc) is 3.17. The summed E-state index contributed by atoms with van der Waals surface area (Å²) in [6, 6.07) is 10.2. The first kappa shape index (κ1) is 12.9. The van der Waals surface area contributed by atoms with Crippen LogP contribution >= 0.6 is 0 Å². The summed E-state index contributed by atoms with van der Waals surface area (Å²) >= 11 is 0. The molecule has 0 saturated carbocycles. The lowest BCUT2D eigenvalue weighted by atomic mass is 10.1. The third-order valence-corrected chi connectivity index (χ3v) is 3.38. The van der Waals surface area contributed by atoms with Crippen LogP contribution in [-0.4, -0.2) is 22.9 Å². The van der Waals surface area contributed by atoms with Gasteiger partial charge in [0.2, 0.25) is 0 Å². The van der Waals surface area contributed by atoms with E-state index in [2.05, 4.69) is 29.6 Å². The van der Waals surface area contributed by atoms with Gasteiger partial charge in [-0.25, -0.2) is 4.68 Å². The third-order valence-electron chi connectivity index (χ3n) is 3.38. The van der Waals surface area contributed by atoms with Crippen molar-refractivity contribution in [3.63, 3.8) is 0 Å². The van der Waals surface area contributed by atoms with Gasteiger partial charge in [-0.3, -0.25) is 0 Å². The van der Waals surface area contributed by atoms with Crippen molar-refractivity contribution >= 4 is 0 Å². The average molecular weight is 269 g/mol. The van der Waals surface area contributed by atoms with Gasteiger partial charge in [-0.15, -0.1) is 0 Å². The summed E-state index contributed by atoms with van der Waals surface area (Å²) in [6.07, 6.45) is 7.12. The molecule has 1 aromatic heterocycles. The van der Waals surface area contributed by atoms with E-state index in [1.807, 2.05) is 41.2 Å². The van der Waals surface area contributed by atoms with E-state index in [4.69, 9.17) is 4.74 Å². The van der Waals surface area contributed by atoms with E-state index in [1.54, 1.807) is 0 Å². The summed E-state index contributed by atoms with van der Waals surface area (Å²) in [5.74, 6) is 1.01. The molecule has 2 heterocycles. The van der Waals surface area contributed by atoms with Crippen molar-refractivity contribution in [2.45, 2.75) is 19.4 Å². The largest absolute Gasteiger partial charge is 0.496 e. The number of hydrogen-bond acceptors (Lipinski definition) is 3. The van der Waals surface area contributed by atoms with Gasteiger partial charge in [0.25, 0.3) is 0 Å². The lowest BCUT2D eigenvalue weighted by Gasteiger charge is -2.17. The minimum absolute atomic E-state index is 0.0972. The van der Waals surface area contributed by atoms with Gasteiger partial charge in [0.15, 0.2) is 0 Å². The van der Waals surface area contributed by atoms with Gasteiger partial charge in [0, 0.05) is 18.2 Å². The topological polar surface area (TPSA) is 39.1 Å². The summed E-state index contributed by atoms with van der Waals surface area (Å²) in [6.45, 7) is 3.77. The van der Waals surface area contributed by atoms with Crippen LogP contribution in [0.4, 0.5) is 0 Å². The van der Waals surface area contributed by atoms with E-state index >= 15 is 0 Å². The van der Waals surface area contributed by atoms with Gasteiger partial charge in [-0.05, 0) is 24.8 Å². The Morgan fingerprint density at radius 2 is 2.20 bits per heavy atom. The molecule has 4 heteroatoms. The van der Waals surface area contributed by atoms with Gasteiger partial charge < -0.3 is 10.1 Å². The third kappa shape index (κ3) is 2.60. The van der Waals surface area contributed by atoms with Crippen LogP contribution in [0.5, 0.6) is 0 Å². The molecule has 1 unspecified atom stereocenters. The Bertz CT molecular complexity index is 589. The molecule has 1 atom stereocenters. The zero-order valence-electron chi connectivity index (χ0n) is 11.6. The number of ether oxygens (including phenoxy) is 1. The summed E-state index contributed by atoms with van der Waals surface area (Å²) in [5, 5.41) is 7.91. The molecule has 1 aliphatic heterocycles. The molecule has 0 spiro atoms. The second-order valence-electron chi connectivity index (χ2n) is 4.79. The van der Waals surface area contributed by atoms with Gasteiger partial charge in [-0.2, -0.15) is 5.10 Å². The summed E-state index contributed by atoms with van der Waals surface area (Å²) in [7, 11) is 0. The van der Waals surface area contributed by atoms with Crippen molar-refractivity contribution in [1.29, 1.82) is 0 Å². The number of likely N-dealkylation sites (N-methyl/N-ethyl adjacent to an activating group) is 1. The molecule has 1 N–H and O–H groups in total. The first-order valence-corrected chi connectivity index (χ1v) is 7.04. The fourth-order valence-corrected chi connectivity index (χ4v) is 2.43. The lowest BCUT2D eigenvalue weighted by molar-refractivity contribution is 0.216. The molecule has 1 aromatic carbocycles. The molecule has 4 nitrogen and oxygen atoms in total. The first-order chi connectivity index (χ1) is 9.88. The fraction of sp³-hybridized carbons (Fsp3) is 0.312. The lowest BCUT2D eigenvalue weighted by Crippen LogP contribution is -2.22. The van der Waals surface area contributed by atoms with Crippen molar-refractivity contribution in [3.8, 4) is 5.69 Å². The molecule has 0 radical (unpaired) electrons. The fourth-order valence-electron chi connectivity index (χ4n) is 2.43. The minimum Gasteiger partial charge on any atom is -0.496 e. The van der Waals surface area contributed by atoms with Crippen LogP contribution in [0, 0.1) is 0 Å². The van der Waals surface area contributed by atoms with Crippen molar-refractivity contribution in [2.24, 2.45) is 0 Å². The van der Waals surface area contributed by atoms with E-state index in [1.165, 1.54) is 0 Å². The van der Waals surface area contributed by atoms with Crippen molar-refractivity contribution in [1.82, 2.24) is 15.1 Å². The molecule has 0 bridgehead atoms. The standard InChI is InChI=1S/C16H19N3O/c1-2-17-16(15-9-6-10-20-15)13-11-18-19(12-13)14-7-4-3-5-8-14/h3-5,7-9,11-12,16-17H,2,6,10H2,1H3. The molecule has 2 aromatic rings. The number of nitrogens with one attached hydrogen (secondary N) is 1. The summed E-state index contributed by atoms with van der Waals surface area (Å²) in [5.41, 5.74) is 2.19. The van der Waals surface area contributed by atoms with Crippen LogP contribution in [0.25, 0.3) is 5.69 Å². The van der Waals surface area contributed by atoms with Gasteiger partial charge in [0.05, 0.1) is 24.5 Å². The van der Waals surface area contributed by atoms with Gasteiger partial charge >= 0.3 is 0 Å². The van der Waals surface area contributed by atoms with Crippen molar-refractivity contribution in [2.75, 3.05) is 13.2 Å². The number of aromatic nitrogens is 2. The van der Waals surface area contributed by atoms with Crippen molar-refractivity contribution in [3.05, 3.63) is 60.1 Å². The number of rotatable bonds is 5. The maximum Gasteiger partial charge on any atom is 0.114 e. The number of benzene rings is 1. The quantitative estimate of drug-likeness (QED) is 0.907. The molecular formula is C16H19N3O. The molecule has 1 aliphatic rings. The maximum atomic E-state index is 5.70. The van der Waals surface area contributed by atoms with E-state index < -0.39 is 0 Å². The van der Waals surface area contributed by atoms with E-state index in [0.717, 1.165) is 36.6 Å². The molecule has 0 saturated heterocycles. The number of para-hydroxylation sites is 1. The second-order valence-corrected chi connectivity index (χ2v) is 4.79. The monoisotopic (exact) mass is 269 g/mol. The number of hydrogen-bond donors (Lipinski definition) is 1. The molecule has 104 valence electrons. The highest BCUT2D eigenvalue weighted by atomic mass is 16.5. The zero-order valence-corrected chi connectivity index (χ0v) is 11.6. The SMILES string of the molecule is CCNC(C1=CCCO1)c1cnn(-c2ccccc2)c1. The van der Waals surface area contributed by atoms with Crippen LogP contribution in [0.1, 0.15) is 24.9 Å². The Balaban J connectivity index is 1.87. The molecule has 3 rings (SSSR count). The second kappa shape index (κ2) is 5.92. The molecule has 0 fully saturated rings. The molecule has 0 aliphatic carbocycles. The van der Waals surface area contributed by atoms with Crippen LogP contribution in [0.15, 0.2) is 54.6 Å². The summed E-state index contributed by atoms with van der Waals surface area (Å²) < 4.78 is 7.60. The van der Waals surface area contributed by atoms with Crippen LogP contribution < -0.4 is 5.32 Å². The Morgan fingerprint density at radius 3 is 2.90 bits per heavy atom. The Labute approximate surface area is 119 Å². The number of nitrogens with zero attached hydrogens (tertiary/aromatic N) is 2. The summed E-state index contributed by atoms with van der Waals surface area (Å²) in [4.78, 5) is 0. The highest BCUT2D eigenvalue weighted by molar-refractivity contribution is 5.32. The Morgan fingerprint density at radius 1 is 1.35 bits per heavy atom. The smallest absolute Gasteiger partial charge is 0.114 e. The van der Waals surface area contributed by atoms with Crippen molar-refractivity contribution < 1.29 is 4.74 Å². The first-order valence-electron chi connectivity index (χ1n) is 7.04. The maximum absolute atomic E-state index is 5.70. The highest BCUT2D eigenvalue weighted by Gasteiger charge is 2.21. The van der Waals surface area contributed by atoms with Crippen LogP contribution in [-0.2, 0) is 4.74 Å². The highest BCUT2D eigenvalue weighted by Crippen LogP contribution is 2.26. The minimum atomic E-state index is 0.0972. The van der Waals surface area contributed by atoms with E-state index in [-0.39, 0.29) is 6.04 Å². The van der Waals surface area contributed by atoms with E-state index in [0.29, 0.717) is 0 Å². The van der Waals surface area contributed by atoms with Gasteiger partial charge in [0.1, 0.15) is 5.76 Å². The van der Waals surface area contributed by atoms with Gasteiger partial charge in [-0.1, -0.05) is 25.1 Å². The molecular weight excluding hydrogens is 250 g/mol. The predicted molar refractivity (Wildman–Crippen MR) is 78.6 cm³/mol. The predicted octanol–water partition coefficient (Wildman–Crippen LogP) is 2.83. The molecule has 0 amide bonds. The zero-order chi connectivity index (χ0) is 13.8.